The van der Waals surface area contributed by atoms with Gasteiger partial charge in [-0.2, -0.15) is 0 Å². The van der Waals surface area contributed by atoms with Crippen molar-refractivity contribution in [2.45, 2.75) is 33.7 Å². The minimum absolute atomic E-state index is 0.0349. The molecule has 1 amide bonds. The summed E-state index contributed by atoms with van der Waals surface area (Å²) in [7, 11) is 0. The van der Waals surface area contributed by atoms with Crippen molar-refractivity contribution < 1.29 is 14.7 Å². The van der Waals surface area contributed by atoms with Gasteiger partial charge in [0.25, 0.3) is 5.91 Å². The number of aliphatic hydroxyl groups is 1. The Bertz CT molecular complexity index is 1590. The lowest BCUT2D eigenvalue weighted by atomic mass is 9.95. The molecular formula is C25H19Cl2N3O3S2. The van der Waals surface area contributed by atoms with Crippen molar-refractivity contribution >= 4 is 72.9 Å². The Morgan fingerprint density at radius 2 is 1.77 bits per heavy atom. The monoisotopic (exact) mass is 543 g/mol. The zero-order valence-corrected chi connectivity index (χ0v) is 22.3. The van der Waals surface area contributed by atoms with E-state index in [1.165, 1.54) is 27.6 Å². The molecule has 3 heterocycles. The molecule has 2 aromatic heterocycles. The van der Waals surface area contributed by atoms with E-state index < -0.39 is 23.5 Å². The topological polar surface area (TPSA) is 83.4 Å². The molecule has 6 nitrogen and oxygen atoms in total. The van der Waals surface area contributed by atoms with Crippen LogP contribution in [-0.2, 0) is 4.79 Å². The van der Waals surface area contributed by atoms with Gasteiger partial charge in [-0.1, -0.05) is 46.7 Å². The van der Waals surface area contributed by atoms with Crippen LogP contribution in [0.15, 0.2) is 41.7 Å². The molecule has 10 heteroatoms. The van der Waals surface area contributed by atoms with Crippen LogP contribution in [0.5, 0.6) is 0 Å². The van der Waals surface area contributed by atoms with Crippen LogP contribution >= 0.6 is 45.9 Å². The van der Waals surface area contributed by atoms with Crippen LogP contribution in [0.25, 0.3) is 10.2 Å². The number of benzene rings is 2. The number of ketones is 1. The molecule has 0 saturated carbocycles. The molecule has 0 spiro atoms. The van der Waals surface area contributed by atoms with Gasteiger partial charge in [0.1, 0.15) is 0 Å². The SMILES string of the molecule is Cc1cc(C)c2nc(N3C(=O)C(O)=C(C(=O)c4sc(C)nc4C)C3c3ccc(Cl)c(Cl)c3)sc2c1. The Morgan fingerprint density at radius 3 is 2.43 bits per heavy atom. The van der Waals surface area contributed by atoms with Gasteiger partial charge in [0, 0.05) is 0 Å². The number of carbonyl (C=O) groups is 2. The number of aromatic nitrogens is 2. The van der Waals surface area contributed by atoms with Crippen LogP contribution in [0.3, 0.4) is 0 Å². The second kappa shape index (κ2) is 8.71. The van der Waals surface area contributed by atoms with Crippen molar-refractivity contribution in [1.82, 2.24) is 9.97 Å². The first-order valence-corrected chi connectivity index (χ1v) is 13.0. The van der Waals surface area contributed by atoms with Gasteiger partial charge in [-0.15, -0.1) is 11.3 Å². The van der Waals surface area contributed by atoms with E-state index in [-0.39, 0.29) is 10.6 Å². The van der Waals surface area contributed by atoms with Crippen molar-refractivity contribution in [3.05, 3.63) is 84.0 Å². The predicted molar refractivity (Wildman–Crippen MR) is 141 cm³/mol. The fourth-order valence-corrected chi connectivity index (χ4v) is 6.71. The van der Waals surface area contributed by atoms with Crippen LogP contribution in [0, 0.1) is 27.7 Å². The number of nitrogens with zero attached hydrogens (tertiary/aromatic N) is 3. The molecule has 1 aliphatic heterocycles. The molecule has 2 aromatic carbocycles. The van der Waals surface area contributed by atoms with Crippen LogP contribution in [-0.4, -0.2) is 26.8 Å². The number of amides is 1. The minimum atomic E-state index is -0.937. The Balaban J connectivity index is 1.72. The van der Waals surface area contributed by atoms with Gasteiger partial charge < -0.3 is 5.11 Å². The molecule has 0 fully saturated rings. The maximum atomic E-state index is 13.7. The minimum Gasteiger partial charge on any atom is -0.503 e. The van der Waals surface area contributed by atoms with E-state index in [0.717, 1.165) is 26.4 Å². The highest BCUT2D eigenvalue weighted by molar-refractivity contribution is 7.22. The van der Waals surface area contributed by atoms with Crippen LogP contribution in [0.2, 0.25) is 10.0 Å². The molecular weight excluding hydrogens is 525 g/mol. The molecule has 0 aliphatic carbocycles. The normalized spacial score (nSPS) is 16.1. The number of carbonyl (C=O) groups excluding carboxylic acids is 2. The lowest BCUT2D eigenvalue weighted by Gasteiger charge is -2.24. The second-order valence-electron chi connectivity index (χ2n) is 8.42. The van der Waals surface area contributed by atoms with E-state index in [2.05, 4.69) is 4.98 Å². The van der Waals surface area contributed by atoms with E-state index in [9.17, 15) is 14.7 Å². The number of hydrogen-bond donors (Lipinski definition) is 1. The van der Waals surface area contributed by atoms with E-state index in [0.29, 0.717) is 26.3 Å². The predicted octanol–water partition coefficient (Wildman–Crippen LogP) is 7.08. The highest BCUT2D eigenvalue weighted by Gasteiger charge is 2.46. The van der Waals surface area contributed by atoms with E-state index in [1.807, 2.05) is 26.0 Å². The fraction of sp³-hybridized carbons (Fsp3) is 0.200. The highest BCUT2D eigenvalue weighted by Crippen LogP contribution is 2.46. The molecule has 35 heavy (non-hydrogen) atoms. The summed E-state index contributed by atoms with van der Waals surface area (Å²) in [4.78, 5) is 38.0. The van der Waals surface area contributed by atoms with Crippen molar-refractivity contribution in [1.29, 1.82) is 0 Å². The van der Waals surface area contributed by atoms with E-state index >= 15 is 0 Å². The smallest absolute Gasteiger partial charge is 0.296 e. The number of aryl methyl sites for hydroxylation is 4. The van der Waals surface area contributed by atoms with Crippen LogP contribution < -0.4 is 4.90 Å². The number of aliphatic hydroxyl groups excluding tert-OH is 1. The molecule has 1 unspecified atom stereocenters. The molecule has 1 atom stereocenters. The molecule has 4 aromatic rings. The third kappa shape index (κ3) is 3.94. The van der Waals surface area contributed by atoms with Gasteiger partial charge in [0.15, 0.2) is 10.9 Å². The standard InChI is InChI=1S/C25H19Cl2N3O3S2/c1-10-7-11(2)19-17(8-10)35-25(29-19)30-20(14-5-6-15(26)16(27)9-14)18(22(32)24(30)33)21(31)23-12(3)28-13(4)34-23/h5-9,20,32H,1-4H3. The number of anilines is 1. The first kappa shape index (κ1) is 23.9. The van der Waals surface area contributed by atoms with Crippen LogP contribution in [0.4, 0.5) is 5.13 Å². The van der Waals surface area contributed by atoms with Gasteiger partial charge in [-0.25, -0.2) is 9.97 Å². The maximum Gasteiger partial charge on any atom is 0.296 e. The number of fused-ring (bicyclic) bond motifs is 1. The Hall–Kier alpha value is -2.78. The first-order valence-electron chi connectivity index (χ1n) is 10.6. The summed E-state index contributed by atoms with van der Waals surface area (Å²) in [5.74, 6) is -1.76. The zero-order valence-electron chi connectivity index (χ0n) is 19.1. The van der Waals surface area contributed by atoms with Crippen molar-refractivity contribution in [3.63, 3.8) is 0 Å². The second-order valence-corrected chi connectivity index (χ2v) is 11.4. The fourth-order valence-electron chi connectivity index (χ4n) is 4.36. The summed E-state index contributed by atoms with van der Waals surface area (Å²) in [6.45, 7) is 7.49. The average molecular weight is 544 g/mol. The summed E-state index contributed by atoms with van der Waals surface area (Å²) in [5, 5.41) is 12.7. The first-order chi connectivity index (χ1) is 16.6. The molecule has 178 valence electrons. The summed E-state index contributed by atoms with van der Waals surface area (Å²) in [6, 6.07) is 7.99. The largest absolute Gasteiger partial charge is 0.503 e. The van der Waals surface area contributed by atoms with Crippen molar-refractivity contribution in [3.8, 4) is 0 Å². The third-order valence-electron chi connectivity index (χ3n) is 5.85. The highest BCUT2D eigenvalue weighted by atomic mass is 35.5. The lowest BCUT2D eigenvalue weighted by Crippen LogP contribution is -2.31. The number of halogens is 2. The zero-order chi connectivity index (χ0) is 25.2. The van der Waals surface area contributed by atoms with Gasteiger partial charge in [0.2, 0.25) is 5.78 Å². The van der Waals surface area contributed by atoms with Gasteiger partial charge in [0.05, 0.1) is 47.5 Å². The van der Waals surface area contributed by atoms with Crippen LogP contribution in [0.1, 0.15) is 43.1 Å². The average Bonchev–Trinajstić information content (AvgIpc) is 3.43. The summed E-state index contributed by atoms with van der Waals surface area (Å²) < 4.78 is 0.909. The number of rotatable bonds is 4. The molecule has 5 rings (SSSR count). The Labute approximate surface area is 219 Å². The number of Topliss-reactive ketones (excluding diaryl/α,β-unsaturated/α-hetero) is 1. The molecule has 0 bridgehead atoms. The quantitative estimate of drug-likeness (QED) is 0.278. The van der Waals surface area contributed by atoms with Gasteiger partial charge in [-0.3, -0.25) is 14.5 Å². The molecule has 0 saturated heterocycles. The van der Waals surface area contributed by atoms with Gasteiger partial charge in [-0.05, 0) is 62.6 Å². The third-order valence-corrected chi connectivity index (χ3v) is 8.66. The van der Waals surface area contributed by atoms with Crippen molar-refractivity contribution in [2.24, 2.45) is 0 Å². The van der Waals surface area contributed by atoms with Gasteiger partial charge >= 0.3 is 0 Å². The summed E-state index contributed by atoms with van der Waals surface area (Å²) in [6.07, 6.45) is 0. The molecule has 1 aliphatic rings. The van der Waals surface area contributed by atoms with E-state index in [4.69, 9.17) is 28.2 Å². The Morgan fingerprint density at radius 1 is 1.03 bits per heavy atom. The number of hydrogen-bond acceptors (Lipinski definition) is 7. The lowest BCUT2D eigenvalue weighted by molar-refractivity contribution is -0.117. The van der Waals surface area contributed by atoms with Crippen molar-refractivity contribution in [2.75, 3.05) is 4.90 Å². The molecule has 1 N–H and O–H groups in total. The summed E-state index contributed by atoms with van der Waals surface area (Å²) in [5.41, 5.74) is 3.86. The van der Waals surface area contributed by atoms with E-state index in [1.54, 1.807) is 32.0 Å². The maximum absolute atomic E-state index is 13.7. The summed E-state index contributed by atoms with van der Waals surface area (Å²) >= 11 is 15.0. The Kier molecular flexibility index (Phi) is 5.96. The molecule has 0 radical (unpaired) electrons. The number of thiazole rings is 2.